The lowest BCUT2D eigenvalue weighted by Gasteiger charge is -2.21. The maximum Gasteiger partial charge on any atom is 0.251 e. The van der Waals surface area contributed by atoms with E-state index < -0.39 is 17.6 Å². The zero-order valence-corrected chi connectivity index (χ0v) is 9.75. The van der Waals surface area contributed by atoms with Crippen LogP contribution in [0.2, 0.25) is 0 Å². The number of pyridine rings is 1. The minimum atomic E-state index is -1.25. The topological polar surface area (TPSA) is 19.4 Å². The molecule has 1 saturated heterocycles. The SMILES string of the molecule is CN(C)C1CCN(c2nc(F)c(F)cc2F)C1. The van der Waals surface area contributed by atoms with Gasteiger partial charge in [-0.1, -0.05) is 0 Å². The van der Waals surface area contributed by atoms with Gasteiger partial charge < -0.3 is 9.80 Å². The Kier molecular flexibility index (Phi) is 3.24. The predicted molar refractivity (Wildman–Crippen MR) is 58.4 cm³/mol. The van der Waals surface area contributed by atoms with Crippen molar-refractivity contribution in [2.45, 2.75) is 12.5 Å². The summed E-state index contributed by atoms with van der Waals surface area (Å²) in [6.45, 7) is 1.17. The summed E-state index contributed by atoms with van der Waals surface area (Å²) in [5.41, 5.74) is 0. The van der Waals surface area contributed by atoms with E-state index in [9.17, 15) is 13.2 Å². The lowest BCUT2D eigenvalue weighted by Crippen LogP contribution is -2.32. The third-order valence-corrected chi connectivity index (χ3v) is 3.06. The van der Waals surface area contributed by atoms with E-state index in [1.807, 2.05) is 19.0 Å². The first kappa shape index (κ1) is 12.2. The number of hydrogen-bond acceptors (Lipinski definition) is 3. The van der Waals surface area contributed by atoms with Gasteiger partial charge in [-0.3, -0.25) is 0 Å². The van der Waals surface area contributed by atoms with E-state index >= 15 is 0 Å². The van der Waals surface area contributed by atoms with E-state index in [1.54, 1.807) is 4.90 Å². The van der Waals surface area contributed by atoms with E-state index in [4.69, 9.17) is 0 Å². The van der Waals surface area contributed by atoms with E-state index in [1.165, 1.54) is 0 Å². The Labute approximate surface area is 97.9 Å². The van der Waals surface area contributed by atoms with Gasteiger partial charge in [-0.15, -0.1) is 0 Å². The van der Waals surface area contributed by atoms with Gasteiger partial charge >= 0.3 is 0 Å². The first-order valence-electron chi connectivity index (χ1n) is 5.42. The van der Waals surface area contributed by atoms with Crippen LogP contribution in [0.5, 0.6) is 0 Å². The van der Waals surface area contributed by atoms with Gasteiger partial charge in [0, 0.05) is 25.2 Å². The summed E-state index contributed by atoms with van der Waals surface area (Å²) in [6.07, 6.45) is 0.854. The summed E-state index contributed by atoms with van der Waals surface area (Å²) >= 11 is 0. The highest BCUT2D eigenvalue weighted by atomic mass is 19.2. The average molecular weight is 245 g/mol. The van der Waals surface area contributed by atoms with Gasteiger partial charge in [-0.2, -0.15) is 9.37 Å². The molecule has 94 valence electrons. The van der Waals surface area contributed by atoms with Gasteiger partial charge in [0.15, 0.2) is 17.5 Å². The molecule has 0 saturated carbocycles. The first-order valence-corrected chi connectivity index (χ1v) is 5.42. The molecular formula is C11H14F3N3. The van der Waals surface area contributed by atoms with Gasteiger partial charge in [-0.25, -0.2) is 8.78 Å². The zero-order valence-electron chi connectivity index (χ0n) is 9.75. The molecule has 0 aromatic carbocycles. The van der Waals surface area contributed by atoms with E-state index in [2.05, 4.69) is 4.98 Å². The number of rotatable bonds is 2. The summed E-state index contributed by atoms with van der Waals surface area (Å²) in [7, 11) is 3.87. The molecule has 1 unspecified atom stereocenters. The quantitative estimate of drug-likeness (QED) is 0.738. The minimum Gasteiger partial charge on any atom is -0.352 e. The van der Waals surface area contributed by atoms with Crippen LogP contribution in [0.3, 0.4) is 0 Å². The molecule has 1 aliphatic rings. The summed E-state index contributed by atoms with van der Waals surface area (Å²) < 4.78 is 39.2. The number of likely N-dealkylation sites (N-methyl/N-ethyl adjacent to an activating group) is 1. The molecular weight excluding hydrogens is 231 g/mol. The van der Waals surface area contributed by atoms with Crippen molar-refractivity contribution in [3.63, 3.8) is 0 Å². The smallest absolute Gasteiger partial charge is 0.251 e. The van der Waals surface area contributed by atoms with Crippen LogP contribution < -0.4 is 4.90 Å². The highest BCUT2D eigenvalue weighted by Crippen LogP contribution is 2.24. The monoisotopic (exact) mass is 245 g/mol. The van der Waals surface area contributed by atoms with Gasteiger partial charge in [0.25, 0.3) is 5.95 Å². The van der Waals surface area contributed by atoms with Gasteiger partial charge in [0.2, 0.25) is 0 Å². The molecule has 0 spiro atoms. The molecule has 1 aromatic heterocycles. The molecule has 1 fully saturated rings. The van der Waals surface area contributed by atoms with Crippen molar-refractivity contribution in [2.24, 2.45) is 0 Å². The Morgan fingerprint density at radius 3 is 2.59 bits per heavy atom. The van der Waals surface area contributed by atoms with Crippen molar-refractivity contribution in [3.05, 3.63) is 23.6 Å². The number of hydrogen-bond donors (Lipinski definition) is 0. The molecule has 0 radical (unpaired) electrons. The molecule has 0 amide bonds. The van der Waals surface area contributed by atoms with Crippen LogP contribution in [-0.2, 0) is 0 Å². The van der Waals surface area contributed by atoms with Crippen molar-refractivity contribution in [3.8, 4) is 0 Å². The average Bonchev–Trinajstić information content (AvgIpc) is 2.72. The Balaban J connectivity index is 2.22. The summed E-state index contributed by atoms with van der Waals surface area (Å²) in [6, 6.07) is 0.824. The highest BCUT2D eigenvalue weighted by molar-refractivity contribution is 5.41. The van der Waals surface area contributed by atoms with Crippen molar-refractivity contribution < 1.29 is 13.2 Å². The zero-order chi connectivity index (χ0) is 12.6. The third-order valence-electron chi connectivity index (χ3n) is 3.06. The normalized spacial score (nSPS) is 20.4. The second kappa shape index (κ2) is 4.52. The molecule has 1 aliphatic heterocycles. The van der Waals surface area contributed by atoms with Crippen molar-refractivity contribution >= 4 is 5.82 Å². The van der Waals surface area contributed by atoms with Crippen LogP contribution in [0.15, 0.2) is 6.07 Å². The lowest BCUT2D eigenvalue weighted by atomic mass is 10.2. The highest BCUT2D eigenvalue weighted by Gasteiger charge is 2.27. The van der Waals surface area contributed by atoms with E-state index in [0.29, 0.717) is 19.2 Å². The second-order valence-electron chi connectivity index (χ2n) is 4.42. The molecule has 0 bridgehead atoms. The van der Waals surface area contributed by atoms with Gasteiger partial charge in [0.05, 0.1) is 0 Å². The third kappa shape index (κ3) is 2.36. The molecule has 2 heterocycles. The molecule has 2 rings (SSSR count). The Bertz CT molecular complexity index is 423. The maximum absolute atomic E-state index is 13.5. The number of aromatic nitrogens is 1. The van der Waals surface area contributed by atoms with Crippen LogP contribution in [0.1, 0.15) is 6.42 Å². The van der Waals surface area contributed by atoms with E-state index in [-0.39, 0.29) is 11.9 Å². The molecule has 6 heteroatoms. The predicted octanol–water partition coefficient (Wildman–Crippen LogP) is 1.64. The van der Waals surface area contributed by atoms with Crippen LogP contribution in [0.25, 0.3) is 0 Å². The largest absolute Gasteiger partial charge is 0.352 e. The summed E-state index contributed by atoms with van der Waals surface area (Å²) in [4.78, 5) is 7.01. The fourth-order valence-electron chi connectivity index (χ4n) is 2.01. The first-order chi connectivity index (χ1) is 7.99. The fourth-order valence-corrected chi connectivity index (χ4v) is 2.01. The Morgan fingerprint density at radius 2 is 2.00 bits per heavy atom. The Hall–Kier alpha value is -1.30. The number of anilines is 1. The van der Waals surface area contributed by atoms with Crippen molar-refractivity contribution in [1.82, 2.24) is 9.88 Å². The van der Waals surface area contributed by atoms with Crippen molar-refractivity contribution in [2.75, 3.05) is 32.1 Å². The van der Waals surface area contributed by atoms with Crippen LogP contribution in [-0.4, -0.2) is 43.1 Å². The van der Waals surface area contributed by atoms with Gasteiger partial charge in [-0.05, 0) is 20.5 Å². The standard InChI is InChI=1S/C11H14F3N3/c1-16(2)7-3-4-17(6-7)11-9(13)5-8(12)10(14)15-11/h5,7H,3-4,6H2,1-2H3. The molecule has 1 aromatic rings. The molecule has 0 N–H and O–H groups in total. The fraction of sp³-hybridized carbons (Fsp3) is 0.545. The Morgan fingerprint density at radius 1 is 1.29 bits per heavy atom. The summed E-state index contributed by atoms with van der Waals surface area (Å²) in [5.74, 6) is -3.43. The molecule has 0 aliphatic carbocycles. The molecule has 17 heavy (non-hydrogen) atoms. The molecule has 3 nitrogen and oxygen atoms in total. The maximum atomic E-state index is 13.5. The molecule has 1 atom stereocenters. The van der Waals surface area contributed by atoms with Crippen LogP contribution in [0.4, 0.5) is 19.0 Å². The minimum absolute atomic E-state index is 0.103. The lowest BCUT2D eigenvalue weighted by molar-refractivity contribution is 0.315. The van der Waals surface area contributed by atoms with Crippen LogP contribution >= 0.6 is 0 Å². The number of nitrogens with zero attached hydrogens (tertiary/aromatic N) is 3. The number of halogens is 3. The van der Waals surface area contributed by atoms with Gasteiger partial charge in [0.1, 0.15) is 0 Å². The van der Waals surface area contributed by atoms with E-state index in [0.717, 1.165) is 6.42 Å². The van der Waals surface area contributed by atoms with Crippen LogP contribution in [0, 0.1) is 17.6 Å². The summed E-state index contributed by atoms with van der Waals surface area (Å²) in [5, 5.41) is 0. The second-order valence-corrected chi connectivity index (χ2v) is 4.42. The van der Waals surface area contributed by atoms with Crippen molar-refractivity contribution in [1.29, 1.82) is 0 Å².